The fraction of sp³-hybridized carbons (Fsp3) is 0.333. The van der Waals surface area contributed by atoms with Gasteiger partial charge in [-0.05, 0) is 17.7 Å². The smallest absolute Gasteiger partial charge is 0.231 e. The van der Waals surface area contributed by atoms with E-state index in [1.165, 1.54) is 6.33 Å². The van der Waals surface area contributed by atoms with Crippen LogP contribution < -0.4 is 9.47 Å². The number of ether oxygens (including phenoxy) is 2. The number of benzene rings is 1. The summed E-state index contributed by atoms with van der Waals surface area (Å²) in [5.74, 6) is 2.12. The zero-order valence-corrected chi connectivity index (χ0v) is 9.91. The maximum Gasteiger partial charge on any atom is 0.231 e. The predicted molar refractivity (Wildman–Crippen MR) is 62.2 cm³/mol. The van der Waals surface area contributed by atoms with Crippen LogP contribution in [0.25, 0.3) is 0 Å². The Morgan fingerprint density at radius 1 is 1.39 bits per heavy atom. The van der Waals surface area contributed by atoms with Crippen molar-refractivity contribution < 1.29 is 14.6 Å². The molecule has 1 unspecified atom stereocenters. The second-order valence-electron chi connectivity index (χ2n) is 4.13. The van der Waals surface area contributed by atoms with Crippen molar-refractivity contribution in [1.29, 1.82) is 0 Å². The molecule has 0 amide bonds. The average molecular weight is 247 g/mol. The summed E-state index contributed by atoms with van der Waals surface area (Å²) in [6, 6.07) is 5.43. The van der Waals surface area contributed by atoms with Gasteiger partial charge in [-0.2, -0.15) is 5.10 Å². The van der Waals surface area contributed by atoms with Crippen LogP contribution in [0.2, 0.25) is 0 Å². The van der Waals surface area contributed by atoms with Crippen molar-refractivity contribution in [3.63, 3.8) is 0 Å². The maximum atomic E-state index is 10.2. The van der Waals surface area contributed by atoms with Gasteiger partial charge in [-0.3, -0.25) is 4.68 Å². The van der Waals surface area contributed by atoms with Crippen molar-refractivity contribution in [3.05, 3.63) is 35.9 Å². The molecule has 6 nitrogen and oxygen atoms in total. The Labute approximate surface area is 104 Å². The van der Waals surface area contributed by atoms with Gasteiger partial charge in [0.05, 0.1) is 6.10 Å². The quantitative estimate of drug-likeness (QED) is 0.869. The van der Waals surface area contributed by atoms with Gasteiger partial charge in [0.15, 0.2) is 11.5 Å². The predicted octanol–water partition coefficient (Wildman–Crippen LogP) is 0.820. The molecule has 94 valence electrons. The van der Waals surface area contributed by atoms with Crippen LogP contribution in [0.5, 0.6) is 11.5 Å². The number of aromatic nitrogens is 3. The molecule has 0 radical (unpaired) electrons. The van der Waals surface area contributed by atoms with Gasteiger partial charge in [0, 0.05) is 13.5 Å². The van der Waals surface area contributed by atoms with E-state index in [0.717, 1.165) is 11.4 Å². The molecule has 0 bridgehead atoms. The summed E-state index contributed by atoms with van der Waals surface area (Å²) in [4.78, 5) is 4.09. The zero-order chi connectivity index (χ0) is 12.5. The lowest BCUT2D eigenvalue weighted by Gasteiger charge is -2.10. The van der Waals surface area contributed by atoms with Crippen LogP contribution in [0.1, 0.15) is 17.5 Å². The molecule has 3 rings (SSSR count). The van der Waals surface area contributed by atoms with Crippen molar-refractivity contribution in [2.75, 3.05) is 6.79 Å². The number of aryl methyl sites for hydroxylation is 1. The van der Waals surface area contributed by atoms with Crippen LogP contribution >= 0.6 is 0 Å². The molecule has 1 N–H and O–H groups in total. The first-order valence-corrected chi connectivity index (χ1v) is 5.64. The average Bonchev–Trinajstić information content (AvgIpc) is 2.98. The van der Waals surface area contributed by atoms with Gasteiger partial charge in [0.25, 0.3) is 0 Å². The molecule has 1 aromatic heterocycles. The first-order chi connectivity index (χ1) is 8.74. The Morgan fingerprint density at radius 3 is 3.00 bits per heavy atom. The highest BCUT2D eigenvalue weighted by molar-refractivity contribution is 5.45. The van der Waals surface area contributed by atoms with E-state index in [4.69, 9.17) is 9.47 Å². The first kappa shape index (κ1) is 11.0. The third kappa shape index (κ3) is 1.91. The third-order valence-electron chi connectivity index (χ3n) is 2.96. The fourth-order valence-corrected chi connectivity index (χ4v) is 1.92. The third-order valence-corrected chi connectivity index (χ3v) is 2.96. The number of rotatable bonds is 3. The monoisotopic (exact) mass is 247 g/mol. The van der Waals surface area contributed by atoms with Gasteiger partial charge in [0.2, 0.25) is 6.79 Å². The number of nitrogens with zero attached hydrogens (tertiary/aromatic N) is 3. The second kappa shape index (κ2) is 4.30. The number of hydrogen-bond donors (Lipinski definition) is 1. The summed E-state index contributed by atoms with van der Waals surface area (Å²) in [7, 11) is 1.80. The highest BCUT2D eigenvalue weighted by atomic mass is 16.7. The summed E-state index contributed by atoms with van der Waals surface area (Å²) >= 11 is 0. The van der Waals surface area contributed by atoms with E-state index >= 15 is 0 Å². The van der Waals surface area contributed by atoms with E-state index in [1.54, 1.807) is 23.9 Å². The molecule has 0 fully saturated rings. The molecule has 0 spiro atoms. The maximum absolute atomic E-state index is 10.2. The van der Waals surface area contributed by atoms with E-state index in [-0.39, 0.29) is 6.79 Å². The van der Waals surface area contributed by atoms with Crippen LogP contribution in [0, 0.1) is 0 Å². The van der Waals surface area contributed by atoms with Gasteiger partial charge in [-0.25, -0.2) is 4.98 Å². The summed E-state index contributed by atoms with van der Waals surface area (Å²) in [5, 5.41) is 14.1. The Bertz CT molecular complexity index is 567. The summed E-state index contributed by atoms with van der Waals surface area (Å²) in [6.07, 6.45) is 1.25. The zero-order valence-electron chi connectivity index (χ0n) is 9.91. The van der Waals surface area contributed by atoms with Crippen molar-refractivity contribution in [1.82, 2.24) is 14.8 Å². The molecule has 18 heavy (non-hydrogen) atoms. The molecule has 0 aliphatic carbocycles. The molecular formula is C12H13N3O3. The topological polar surface area (TPSA) is 69.4 Å². The Hall–Kier alpha value is -2.08. The van der Waals surface area contributed by atoms with E-state index in [0.29, 0.717) is 17.9 Å². The highest BCUT2D eigenvalue weighted by Gasteiger charge is 2.18. The van der Waals surface area contributed by atoms with Gasteiger partial charge in [-0.1, -0.05) is 6.07 Å². The van der Waals surface area contributed by atoms with Crippen molar-refractivity contribution >= 4 is 0 Å². The summed E-state index contributed by atoms with van der Waals surface area (Å²) < 4.78 is 12.2. The molecule has 2 aromatic rings. The van der Waals surface area contributed by atoms with Crippen molar-refractivity contribution in [2.45, 2.75) is 12.5 Å². The summed E-state index contributed by atoms with van der Waals surface area (Å²) in [5.41, 5.74) is 0.780. The number of fused-ring (bicyclic) bond motifs is 1. The standard InChI is InChI=1S/C12H13N3O3/c1-15-12(13-6-14-15)5-9(16)8-2-3-10-11(4-8)18-7-17-10/h2-4,6,9,16H,5,7H2,1H3. The minimum absolute atomic E-state index is 0.234. The Kier molecular flexibility index (Phi) is 2.64. The van der Waals surface area contributed by atoms with Gasteiger partial charge < -0.3 is 14.6 Å². The van der Waals surface area contributed by atoms with Gasteiger partial charge in [0.1, 0.15) is 12.2 Å². The van der Waals surface area contributed by atoms with Crippen molar-refractivity contribution in [3.8, 4) is 11.5 Å². The minimum Gasteiger partial charge on any atom is -0.454 e. The van der Waals surface area contributed by atoms with Crippen LogP contribution in [0.3, 0.4) is 0 Å². The highest BCUT2D eigenvalue weighted by Crippen LogP contribution is 2.34. The van der Waals surface area contributed by atoms with Crippen LogP contribution in [-0.4, -0.2) is 26.7 Å². The molecule has 0 saturated heterocycles. The Balaban J connectivity index is 1.80. The molecule has 1 aromatic carbocycles. The molecule has 2 heterocycles. The number of aliphatic hydroxyl groups excluding tert-OH is 1. The van der Waals surface area contributed by atoms with Crippen LogP contribution in [-0.2, 0) is 13.5 Å². The van der Waals surface area contributed by atoms with E-state index in [2.05, 4.69) is 10.1 Å². The summed E-state index contributed by atoms with van der Waals surface area (Å²) in [6.45, 7) is 0.234. The van der Waals surface area contributed by atoms with E-state index in [9.17, 15) is 5.11 Å². The van der Waals surface area contributed by atoms with Gasteiger partial charge in [-0.15, -0.1) is 0 Å². The lowest BCUT2D eigenvalue weighted by molar-refractivity contribution is 0.170. The van der Waals surface area contributed by atoms with Crippen molar-refractivity contribution in [2.24, 2.45) is 7.05 Å². The number of aliphatic hydroxyl groups is 1. The molecule has 0 saturated carbocycles. The lowest BCUT2D eigenvalue weighted by atomic mass is 10.1. The molecule has 1 aliphatic rings. The van der Waals surface area contributed by atoms with E-state index in [1.807, 2.05) is 6.07 Å². The number of hydrogen-bond acceptors (Lipinski definition) is 5. The van der Waals surface area contributed by atoms with Crippen LogP contribution in [0.15, 0.2) is 24.5 Å². The molecular weight excluding hydrogens is 234 g/mol. The largest absolute Gasteiger partial charge is 0.454 e. The first-order valence-electron chi connectivity index (χ1n) is 5.64. The normalized spacial score (nSPS) is 14.8. The molecule has 1 atom stereocenters. The second-order valence-corrected chi connectivity index (χ2v) is 4.13. The van der Waals surface area contributed by atoms with Crippen LogP contribution in [0.4, 0.5) is 0 Å². The molecule has 1 aliphatic heterocycles. The SMILES string of the molecule is Cn1ncnc1CC(O)c1ccc2c(c1)OCO2. The van der Waals surface area contributed by atoms with Gasteiger partial charge >= 0.3 is 0 Å². The lowest BCUT2D eigenvalue weighted by Crippen LogP contribution is -2.07. The van der Waals surface area contributed by atoms with E-state index < -0.39 is 6.10 Å². The molecule has 6 heteroatoms. The fourth-order valence-electron chi connectivity index (χ4n) is 1.92. The Morgan fingerprint density at radius 2 is 2.22 bits per heavy atom. The minimum atomic E-state index is -0.637.